The van der Waals surface area contributed by atoms with Gasteiger partial charge in [-0.25, -0.2) is 9.78 Å². The molecule has 0 fully saturated rings. The van der Waals surface area contributed by atoms with Crippen molar-refractivity contribution in [3.63, 3.8) is 0 Å². The standard InChI is InChI=1S/C14H13ClIN3O2/c1-2-21-14(20)9-5-6-18-13(12(9)17)19-11-4-3-8(15)7-10(11)16/h3-7H,2,17H2,1H3,(H,18,19). The van der Waals surface area contributed by atoms with Gasteiger partial charge < -0.3 is 15.8 Å². The molecule has 0 aliphatic carbocycles. The Labute approximate surface area is 141 Å². The summed E-state index contributed by atoms with van der Waals surface area (Å²) in [6.45, 7) is 2.03. The molecule has 110 valence electrons. The molecule has 0 bridgehead atoms. The lowest BCUT2D eigenvalue weighted by atomic mass is 10.2. The SMILES string of the molecule is CCOC(=O)c1ccnc(Nc2ccc(Cl)cc2I)c1N. The van der Waals surface area contributed by atoms with Crippen molar-refractivity contribution in [3.8, 4) is 0 Å². The van der Waals surface area contributed by atoms with Gasteiger partial charge in [0, 0.05) is 14.8 Å². The average Bonchev–Trinajstić information content (AvgIpc) is 2.44. The first kappa shape index (κ1) is 15.8. The molecule has 0 aliphatic rings. The molecule has 0 saturated carbocycles. The summed E-state index contributed by atoms with van der Waals surface area (Å²) in [6, 6.07) is 6.93. The zero-order valence-corrected chi connectivity index (χ0v) is 14.1. The molecule has 2 aromatic rings. The van der Waals surface area contributed by atoms with Gasteiger partial charge in [-0.15, -0.1) is 0 Å². The van der Waals surface area contributed by atoms with Gasteiger partial charge in [-0.3, -0.25) is 0 Å². The fourth-order valence-electron chi connectivity index (χ4n) is 1.68. The molecule has 1 aromatic carbocycles. The van der Waals surface area contributed by atoms with Crippen molar-refractivity contribution in [2.24, 2.45) is 0 Å². The number of hydrogen-bond donors (Lipinski definition) is 2. The molecule has 5 nitrogen and oxygen atoms in total. The van der Waals surface area contributed by atoms with Gasteiger partial charge in [0.25, 0.3) is 0 Å². The third-order valence-corrected chi connectivity index (χ3v) is 3.80. The summed E-state index contributed by atoms with van der Waals surface area (Å²) in [6.07, 6.45) is 1.51. The van der Waals surface area contributed by atoms with E-state index in [-0.39, 0.29) is 5.69 Å². The average molecular weight is 418 g/mol. The van der Waals surface area contributed by atoms with Gasteiger partial charge in [-0.2, -0.15) is 0 Å². The first-order valence-corrected chi connectivity index (χ1v) is 7.62. The third-order valence-electron chi connectivity index (χ3n) is 2.67. The van der Waals surface area contributed by atoms with Crippen molar-refractivity contribution >= 4 is 57.4 Å². The van der Waals surface area contributed by atoms with E-state index in [2.05, 4.69) is 32.9 Å². The summed E-state index contributed by atoms with van der Waals surface area (Å²) in [5.41, 5.74) is 7.34. The van der Waals surface area contributed by atoms with E-state index < -0.39 is 5.97 Å². The van der Waals surface area contributed by atoms with Crippen LogP contribution in [0, 0.1) is 3.57 Å². The van der Waals surface area contributed by atoms with Crippen LogP contribution in [0.1, 0.15) is 17.3 Å². The number of aromatic nitrogens is 1. The van der Waals surface area contributed by atoms with Crippen LogP contribution < -0.4 is 11.1 Å². The highest BCUT2D eigenvalue weighted by Gasteiger charge is 2.15. The number of carbonyl (C=O) groups is 1. The van der Waals surface area contributed by atoms with Gasteiger partial charge in [0.05, 0.1) is 23.5 Å². The minimum atomic E-state index is -0.466. The first-order chi connectivity index (χ1) is 10.0. The van der Waals surface area contributed by atoms with Gasteiger partial charge in [-0.05, 0) is 53.8 Å². The topological polar surface area (TPSA) is 77.2 Å². The Hall–Kier alpha value is -1.54. The van der Waals surface area contributed by atoms with E-state index in [9.17, 15) is 4.79 Å². The number of nitrogens with two attached hydrogens (primary N) is 1. The number of rotatable bonds is 4. The number of benzene rings is 1. The molecule has 0 radical (unpaired) electrons. The zero-order chi connectivity index (χ0) is 15.4. The van der Waals surface area contributed by atoms with Crippen molar-refractivity contribution < 1.29 is 9.53 Å². The van der Waals surface area contributed by atoms with Crippen LogP contribution in [0.2, 0.25) is 5.02 Å². The number of halogens is 2. The molecule has 0 unspecified atom stereocenters. The molecule has 21 heavy (non-hydrogen) atoms. The monoisotopic (exact) mass is 417 g/mol. The fraction of sp³-hybridized carbons (Fsp3) is 0.143. The maximum Gasteiger partial charge on any atom is 0.340 e. The van der Waals surface area contributed by atoms with Crippen LogP contribution in [-0.4, -0.2) is 17.6 Å². The summed E-state index contributed by atoms with van der Waals surface area (Å²) in [5.74, 6) is -0.0629. The van der Waals surface area contributed by atoms with Crippen molar-refractivity contribution in [1.29, 1.82) is 0 Å². The Morgan fingerprint density at radius 1 is 1.48 bits per heavy atom. The van der Waals surface area contributed by atoms with Gasteiger partial charge >= 0.3 is 5.97 Å². The Morgan fingerprint density at radius 3 is 2.90 bits per heavy atom. The summed E-state index contributed by atoms with van der Waals surface area (Å²) in [5, 5.41) is 3.74. The van der Waals surface area contributed by atoms with Crippen molar-refractivity contribution in [2.45, 2.75) is 6.92 Å². The van der Waals surface area contributed by atoms with Gasteiger partial charge in [0.2, 0.25) is 0 Å². The molecular formula is C14H13ClIN3O2. The minimum absolute atomic E-state index is 0.252. The lowest BCUT2D eigenvalue weighted by Crippen LogP contribution is -2.10. The van der Waals surface area contributed by atoms with Crippen LogP contribution in [0.5, 0.6) is 0 Å². The Morgan fingerprint density at radius 2 is 2.24 bits per heavy atom. The molecule has 1 heterocycles. The number of carbonyl (C=O) groups excluding carboxylic acids is 1. The number of ether oxygens (including phenoxy) is 1. The van der Waals surface area contributed by atoms with E-state index in [1.54, 1.807) is 13.0 Å². The van der Waals surface area contributed by atoms with Crippen LogP contribution in [-0.2, 0) is 4.74 Å². The molecule has 0 atom stereocenters. The molecule has 0 amide bonds. The molecule has 1 aromatic heterocycles. The number of pyridine rings is 1. The van der Waals surface area contributed by atoms with E-state index in [0.29, 0.717) is 23.0 Å². The van der Waals surface area contributed by atoms with Crippen molar-refractivity contribution in [3.05, 3.63) is 44.6 Å². The number of anilines is 3. The summed E-state index contributed by atoms with van der Waals surface area (Å²) < 4.78 is 5.88. The highest BCUT2D eigenvalue weighted by atomic mass is 127. The number of hydrogen-bond acceptors (Lipinski definition) is 5. The van der Waals surface area contributed by atoms with E-state index in [0.717, 1.165) is 9.26 Å². The van der Waals surface area contributed by atoms with Crippen LogP contribution in [0.3, 0.4) is 0 Å². The zero-order valence-electron chi connectivity index (χ0n) is 11.2. The number of nitrogens with one attached hydrogen (secondary N) is 1. The second kappa shape index (κ2) is 6.95. The quantitative estimate of drug-likeness (QED) is 0.584. The van der Waals surface area contributed by atoms with Crippen molar-refractivity contribution in [1.82, 2.24) is 4.98 Å². The van der Waals surface area contributed by atoms with Crippen LogP contribution >= 0.6 is 34.2 Å². The van der Waals surface area contributed by atoms with Gasteiger partial charge in [0.15, 0.2) is 5.82 Å². The maximum atomic E-state index is 11.8. The molecule has 2 rings (SSSR count). The van der Waals surface area contributed by atoms with Crippen LogP contribution in [0.15, 0.2) is 30.5 Å². The predicted octanol–water partition coefficient (Wildman–Crippen LogP) is 3.84. The fourth-order valence-corrected chi connectivity index (χ4v) is 2.68. The molecule has 0 spiro atoms. The highest BCUT2D eigenvalue weighted by molar-refractivity contribution is 14.1. The van der Waals surface area contributed by atoms with Gasteiger partial charge in [-0.1, -0.05) is 11.6 Å². The molecule has 3 N–H and O–H groups in total. The van der Waals surface area contributed by atoms with Crippen LogP contribution in [0.4, 0.5) is 17.2 Å². The van der Waals surface area contributed by atoms with E-state index in [1.807, 2.05) is 12.1 Å². The second-order valence-corrected chi connectivity index (χ2v) is 5.69. The Balaban J connectivity index is 2.32. The smallest absolute Gasteiger partial charge is 0.340 e. The number of esters is 1. The molecule has 0 aliphatic heterocycles. The Bertz CT molecular complexity index is 679. The largest absolute Gasteiger partial charge is 0.462 e. The normalized spacial score (nSPS) is 10.2. The van der Waals surface area contributed by atoms with Crippen LogP contribution in [0.25, 0.3) is 0 Å². The molecular weight excluding hydrogens is 405 g/mol. The summed E-state index contributed by atoms with van der Waals surface area (Å²) >= 11 is 8.07. The minimum Gasteiger partial charge on any atom is -0.462 e. The lowest BCUT2D eigenvalue weighted by Gasteiger charge is -2.12. The lowest BCUT2D eigenvalue weighted by molar-refractivity contribution is 0.0527. The van der Waals surface area contributed by atoms with E-state index in [1.165, 1.54) is 12.3 Å². The summed E-state index contributed by atoms with van der Waals surface area (Å²) in [7, 11) is 0. The predicted molar refractivity (Wildman–Crippen MR) is 92.1 cm³/mol. The molecule has 0 saturated heterocycles. The molecule has 7 heteroatoms. The summed E-state index contributed by atoms with van der Waals surface area (Å²) in [4.78, 5) is 16.0. The highest BCUT2D eigenvalue weighted by Crippen LogP contribution is 2.28. The van der Waals surface area contributed by atoms with E-state index in [4.69, 9.17) is 22.1 Å². The number of nitrogen functional groups attached to an aromatic ring is 1. The van der Waals surface area contributed by atoms with E-state index >= 15 is 0 Å². The number of nitrogens with zero attached hydrogens (tertiary/aromatic N) is 1. The Kier molecular flexibility index (Phi) is 5.24. The van der Waals surface area contributed by atoms with Crippen molar-refractivity contribution in [2.75, 3.05) is 17.7 Å². The first-order valence-electron chi connectivity index (χ1n) is 6.16. The second-order valence-electron chi connectivity index (χ2n) is 4.09. The maximum absolute atomic E-state index is 11.8. The third kappa shape index (κ3) is 3.76. The van der Waals surface area contributed by atoms with Gasteiger partial charge in [0.1, 0.15) is 0 Å².